The summed E-state index contributed by atoms with van der Waals surface area (Å²) in [6.07, 6.45) is 2.65. The van der Waals surface area contributed by atoms with E-state index in [1.165, 1.54) is 0 Å². The van der Waals surface area contributed by atoms with E-state index in [9.17, 15) is 4.79 Å². The number of carboxylic acid groups (broad SMARTS) is 1. The van der Waals surface area contributed by atoms with Crippen molar-refractivity contribution < 1.29 is 19.4 Å². The molecule has 0 unspecified atom stereocenters. The summed E-state index contributed by atoms with van der Waals surface area (Å²) < 4.78 is 11.3. The van der Waals surface area contributed by atoms with Crippen molar-refractivity contribution in [2.24, 2.45) is 0 Å². The molecule has 0 spiro atoms. The van der Waals surface area contributed by atoms with Crippen LogP contribution in [0.15, 0.2) is 0 Å². The molecule has 1 rings (SSSR count). The van der Waals surface area contributed by atoms with Gasteiger partial charge in [0.2, 0.25) is 0 Å². The third-order valence-corrected chi connectivity index (χ3v) is 2.56. The molecular formula is C11H20O4. The molecule has 0 aromatic heterocycles. The quantitative estimate of drug-likeness (QED) is 0.715. The van der Waals surface area contributed by atoms with Crippen LogP contribution in [0.1, 0.15) is 46.5 Å². The van der Waals surface area contributed by atoms with Gasteiger partial charge in [0, 0.05) is 6.42 Å². The molecule has 0 aliphatic carbocycles. The van der Waals surface area contributed by atoms with E-state index in [-0.39, 0.29) is 12.0 Å². The number of unbranched alkanes of at least 4 members (excludes halogenated alkanes) is 1. The molecule has 4 heteroatoms. The lowest BCUT2D eigenvalue weighted by atomic mass is 9.99. The Morgan fingerprint density at radius 3 is 2.47 bits per heavy atom. The second-order valence-electron chi connectivity index (χ2n) is 4.84. The first kappa shape index (κ1) is 12.5. The van der Waals surface area contributed by atoms with Gasteiger partial charge >= 0.3 is 5.97 Å². The van der Waals surface area contributed by atoms with Crippen LogP contribution in [-0.4, -0.2) is 29.1 Å². The van der Waals surface area contributed by atoms with Gasteiger partial charge in [-0.15, -0.1) is 0 Å². The molecule has 0 aromatic rings. The van der Waals surface area contributed by atoms with E-state index in [1.807, 2.05) is 20.8 Å². The van der Waals surface area contributed by atoms with E-state index < -0.39 is 11.8 Å². The van der Waals surface area contributed by atoms with E-state index in [1.54, 1.807) is 0 Å². The lowest BCUT2D eigenvalue weighted by Crippen LogP contribution is -2.30. The number of hydrogen-bond donors (Lipinski definition) is 1. The molecule has 1 atom stereocenters. The predicted octanol–water partition coefficient (Wildman–Crippen LogP) is 2.17. The van der Waals surface area contributed by atoms with E-state index in [2.05, 4.69) is 0 Å². The van der Waals surface area contributed by atoms with Gasteiger partial charge in [-0.1, -0.05) is 0 Å². The van der Waals surface area contributed by atoms with Crippen molar-refractivity contribution in [2.75, 3.05) is 6.61 Å². The van der Waals surface area contributed by atoms with Gasteiger partial charge in [-0.05, 0) is 40.0 Å². The topological polar surface area (TPSA) is 55.8 Å². The first-order valence-corrected chi connectivity index (χ1v) is 5.39. The van der Waals surface area contributed by atoms with Crippen LogP contribution in [0.5, 0.6) is 0 Å². The van der Waals surface area contributed by atoms with Gasteiger partial charge in [-0.2, -0.15) is 0 Å². The maximum Gasteiger partial charge on any atom is 0.303 e. The minimum Gasteiger partial charge on any atom is -0.481 e. The standard InChI is InChI=1S/C11H20O4/c1-10(2)14-8-11(3,15-10)7-5-4-6-9(12)13/h4-8H2,1-3H3,(H,12,13)/t11-/m0/s1. The van der Waals surface area contributed by atoms with Gasteiger partial charge < -0.3 is 14.6 Å². The third kappa shape index (κ3) is 4.18. The van der Waals surface area contributed by atoms with Crippen LogP contribution in [0.2, 0.25) is 0 Å². The average molecular weight is 216 g/mol. The molecule has 0 aromatic carbocycles. The Morgan fingerprint density at radius 1 is 1.33 bits per heavy atom. The number of ether oxygens (including phenoxy) is 2. The van der Waals surface area contributed by atoms with Gasteiger partial charge in [0.15, 0.2) is 5.79 Å². The Labute approximate surface area is 90.6 Å². The van der Waals surface area contributed by atoms with Gasteiger partial charge in [0.25, 0.3) is 0 Å². The summed E-state index contributed by atoms with van der Waals surface area (Å²) in [5, 5.41) is 8.50. The molecule has 1 N–H and O–H groups in total. The molecule has 0 saturated carbocycles. The van der Waals surface area contributed by atoms with Crippen LogP contribution in [0.25, 0.3) is 0 Å². The summed E-state index contributed by atoms with van der Waals surface area (Å²) >= 11 is 0. The smallest absolute Gasteiger partial charge is 0.303 e. The molecule has 1 heterocycles. The van der Waals surface area contributed by atoms with Crippen LogP contribution in [0, 0.1) is 0 Å². The molecule has 88 valence electrons. The number of carbonyl (C=O) groups is 1. The Balaban J connectivity index is 2.24. The van der Waals surface area contributed by atoms with E-state index >= 15 is 0 Å². The Hall–Kier alpha value is -0.610. The Morgan fingerprint density at radius 2 is 2.00 bits per heavy atom. The zero-order chi connectivity index (χ0) is 11.5. The second-order valence-corrected chi connectivity index (χ2v) is 4.84. The fourth-order valence-corrected chi connectivity index (χ4v) is 1.88. The van der Waals surface area contributed by atoms with Gasteiger partial charge in [-0.3, -0.25) is 4.79 Å². The summed E-state index contributed by atoms with van der Waals surface area (Å²) in [5.41, 5.74) is -0.248. The SMILES string of the molecule is CC1(C)OC[C@](C)(CCCCC(=O)O)O1. The number of rotatable bonds is 5. The molecule has 1 fully saturated rings. The van der Waals surface area contributed by atoms with Gasteiger partial charge in [0.05, 0.1) is 12.2 Å². The van der Waals surface area contributed by atoms with Crippen molar-refractivity contribution >= 4 is 5.97 Å². The van der Waals surface area contributed by atoms with Crippen LogP contribution in [0.4, 0.5) is 0 Å². The zero-order valence-corrected chi connectivity index (χ0v) is 9.71. The monoisotopic (exact) mass is 216 g/mol. The normalized spacial score (nSPS) is 29.3. The molecule has 0 amide bonds. The van der Waals surface area contributed by atoms with Crippen molar-refractivity contribution in [2.45, 2.75) is 57.8 Å². The third-order valence-electron chi connectivity index (χ3n) is 2.56. The van der Waals surface area contributed by atoms with Crippen LogP contribution in [-0.2, 0) is 14.3 Å². The van der Waals surface area contributed by atoms with Crippen LogP contribution < -0.4 is 0 Å². The average Bonchev–Trinajstić information content (AvgIpc) is 2.35. The van der Waals surface area contributed by atoms with Gasteiger partial charge in [-0.25, -0.2) is 0 Å². The lowest BCUT2D eigenvalue weighted by Gasteiger charge is -2.24. The van der Waals surface area contributed by atoms with Crippen molar-refractivity contribution in [3.8, 4) is 0 Å². The van der Waals surface area contributed by atoms with Crippen molar-refractivity contribution in [3.05, 3.63) is 0 Å². The molecule has 15 heavy (non-hydrogen) atoms. The minimum atomic E-state index is -0.732. The van der Waals surface area contributed by atoms with Crippen molar-refractivity contribution in [1.82, 2.24) is 0 Å². The number of carboxylic acids is 1. The molecule has 0 radical (unpaired) electrons. The summed E-state index contributed by atoms with van der Waals surface area (Å²) in [7, 11) is 0. The molecule has 1 aliphatic heterocycles. The summed E-state index contributed by atoms with van der Waals surface area (Å²) in [5.74, 6) is -1.23. The summed E-state index contributed by atoms with van der Waals surface area (Å²) in [4.78, 5) is 10.3. The fourth-order valence-electron chi connectivity index (χ4n) is 1.88. The van der Waals surface area contributed by atoms with Gasteiger partial charge in [0.1, 0.15) is 0 Å². The van der Waals surface area contributed by atoms with Crippen LogP contribution >= 0.6 is 0 Å². The van der Waals surface area contributed by atoms with E-state index in [0.29, 0.717) is 13.0 Å². The van der Waals surface area contributed by atoms with Crippen molar-refractivity contribution in [1.29, 1.82) is 0 Å². The maximum atomic E-state index is 10.3. The zero-order valence-electron chi connectivity index (χ0n) is 9.71. The highest BCUT2D eigenvalue weighted by Crippen LogP contribution is 2.34. The van der Waals surface area contributed by atoms with Crippen molar-refractivity contribution in [3.63, 3.8) is 0 Å². The first-order valence-electron chi connectivity index (χ1n) is 5.39. The predicted molar refractivity (Wildman–Crippen MR) is 55.6 cm³/mol. The lowest BCUT2D eigenvalue weighted by molar-refractivity contribution is -0.159. The number of hydrogen-bond acceptors (Lipinski definition) is 3. The highest BCUT2D eigenvalue weighted by Gasteiger charge is 2.41. The second kappa shape index (κ2) is 4.49. The molecule has 1 saturated heterocycles. The fraction of sp³-hybridized carbons (Fsp3) is 0.909. The number of aliphatic carboxylic acids is 1. The highest BCUT2D eigenvalue weighted by molar-refractivity contribution is 5.66. The van der Waals surface area contributed by atoms with E-state index in [4.69, 9.17) is 14.6 Å². The Kier molecular flexibility index (Phi) is 3.73. The largest absolute Gasteiger partial charge is 0.481 e. The van der Waals surface area contributed by atoms with Crippen LogP contribution in [0.3, 0.4) is 0 Å². The van der Waals surface area contributed by atoms with E-state index in [0.717, 1.165) is 12.8 Å². The molecular weight excluding hydrogens is 196 g/mol. The molecule has 0 bridgehead atoms. The molecule has 4 nitrogen and oxygen atoms in total. The summed E-state index contributed by atoms with van der Waals surface area (Å²) in [6.45, 7) is 6.40. The maximum absolute atomic E-state index is 10.3. The summed E-state index contributed by atoms with van der Waals surface area (Å²) in [6, 6.07) is 0. The minimum absolute atomic E-state index is 0.236. The molecule has 1 aliphatic rings. The first-order chi connectivity index (χ1) is 6.83. The Bertz CT molecular complexity index is 237. The highest BCUT2D eigenvalue weighted by atomic mass is 16.7.